The van der Waals surface area contributed by atoms with Crippen LogP contribution in [-0.2, 0) is 4.74 Å². The topological polar surface area (TPSA) is 47.4 Å². The van der Waals surface area contributed by atoms with E-state index in [9.17, 15) is 4.79 Å². The first-order chi connectivity index (χ1) is 14.3. The van der Waals surface area contributed by atoms with Gasteiger partial charge in [-0.15, -0.1) is 0 Å². The first-order valence-electron chi connectivity index (χ1n) is 9.80. The molecule has 0 unspecified atom stereocenters. The summed E-state index contributed by atoms with van der Waals surface area (Å²) < 4.78 is 7.03. The van der Waals surface area contributed by atoms with Crippen LogP contribution < -0.4 is 10.5 Å². The van der Waals surface area contributed by atoms with E-state index in [2.05, 4.69) is 22.0 Å². The summed E-state index contributed by atoms with van der Waals surface area (Å²) in [4.78, 5) is 20.1. The van der Waals surface area contributed by atoms with Crippen molar-refractivity contribution in [2.75, 3.05) is 31.2 Å². The number of aromatic nitrogens is 2. The maximum absolute atomic E-state index is 13.2. The SMILES string of the molecule is O=c1c2cccc(-c3ccccc3)c2ncn1-c1ccc(N2CCOCC2)cc1. The van der Waals surface area contributed by atoms with Gasteiger partial charge in [0.1, 0.15) is 6.33 Å². The van der Waals surface area contributed by atoms with E-state index >= 15 is 0 Å². The van der Waals surface area contributed by atoms with Gasteiger partial charge in [-0.1, -0.05) is 42.5 Å². The van der Waals surface area contributed by atoms with Gasteiger partial charge >= 0.3 is 0 Å². The third kappa shape index (κ3) is 3.30. The molecule has 1 fully saturated rings. The molecule has 0 aliphatic carbocycles. The molecular weight excluding hydrogens is 362 g/mol. The second-order valence-electron chi connectivity index (χ2n) is 7.10. The van der Waals surface area contributed by atoms with Crippen molar-refractivity contribution in [2.45, 2.75) is 0 Å². The lowest BCUT2D eigenvalue weighted by molar-refractivity contribution is 0.122. The van der Waals surface area contributed by atoms with Crippen molar-refractivity contribution in [3.63, 3.8) is 0 Å². The van der Waals surface area contributed by atoms with Crippen LogP contribution in [0, 0.1) is 0 Å². The largest absolute Gasteiger partial charge is 0.378 e. The van der Waals surface area contributed by atoms with E-state index in [0.717, 1.165) is 54.3 Å². The van der Waals surface area contributed by atoms with Crippen LogP contribution in [0.15, 0.2) is 83.9 Å². The Morgan fingerprint density at radius 2 is 1.52 bits per heavy atom. The normalized spacial score (nSPS) is 14.3. The summed E-state index contributed by atoms with van der Waals surface area (Å²) in [5.41, 5.74) is 4.64. The third-order valence-corrected chi connectivity index (χ3v) is 5.38. The summed E-state index contributed by atoms with van der Waals surface area (Å²) in [6, 6.07) is 23.9. The Morgan fingerprint density at radius 1 is 0.793 bits per heavy atom. The Hall–Kier alpha value is -3.44. The first kappa shape index (κ1) is 17.6. The van der Waals surface area contributed by atoms with Crippen molar-refractivity contribution in [1.29, 1.82) is 0 Å². The van der Waals surface area contributed by atoms with Gasteiger partial charge in [0, 0.05) is 24.3 Å². The number of ether oxygens (including phenoxy) is 1. The molecule has 0 radical (unpaired) electrons. The number of rotatable bonds is 3. The highest BCUT2D eigenvalue weighted by Gasteiger charge is 2.13. The van der Waals surface area contributed by atoms with Crippen LogP contribution in [0.3, 0.4) is 0 Å². The Labute approximate surface area is 168 Å². The van der Waals surface area contributed by atoms with Gasteiger partial charge in [-0.2, -0.15) is 0 Å². The lowest BCUT2D eigenvalue weighted by atomic mass is 10.0. The van der Waals surface area contributed by atoms with E-state index in [-0.39, 0.29) is 5.56 Å². The molecule has 5 rings (SSSR count). The molecule has 2 heterocycles. The van der Waals surface area contributed by atoms with Gasteiger partial charge in [-0.05, 0) is 35.9 Å². The predicted octanol–water partition coefficient (Wildman–Crippen LogP) is 3.89. The van der Waals surface area contributed by atoms with Crippen LogP contribution in [0.1, 0.15) is 0 Å². The quantitative estimate of drug-likeness (QED) is 0.539. The van der Waals surface area contributed by atoms with Gasteiger partial charge in [0.25, 0.3) is 5.56 Å². The maximum Gasteiger partial charge on any atom is 0.265 e. The van der Waals surface area contributed by atoms with Gasteiger partial charge in [-0.3, -0.25) is 9.36 Å². The molecule has 1 aromatic heterocycles. The molecule has 29 heavy (non-hydrogen) atoms. The van der Waals surface area contributed by atoms with E-state index in [4.69, 9.17) is 4.74 Å². The maximum atomic E-state index is 13.2. The molecule has 5 nitrogen and oxygen atoms in total. The number of fused-ring (bicyclic) bond motifs is 1. The molecule has 1 aliphatic heterocycles. The minimum atomic E-state index is -0.0631. The van der Waals surface area contributed by atoms with Crippen molar-refractivity contribution in [1.82, 2.24) is 9.55 Å². The number of nitrogens with zero attached hydrogens (tertiary/aromatic N) is 3. The standard InChI is InChI=1S/C24H21N3O2/c28-24-22-8-4-7-21(18-5-2-1-3-6-18)23(22)25-17-27(24)20-11-9-19(10-12-20)26-13-15-29-16-14-26/h1-12,17H,13-16H2. The molecule has 0 spiro atoms. The van der Waals surface area contributed by atoms with E-state index in [1.54, 1.807) is 10.9 Å². The van der Waals surface area contributed by atoms with Gasteiger partial charge in [-0.25, -0.2) is 4.98 Å². The van der Waals surface area contributed by atoms with E-state index in [1.165, 1.54) is 0 Å². The Bertz CT molecular complexity index is 1190. The Morgan fingerprint density at radius 3 is 2.28 bits per heavy atom. The molecule has 0 N–H and O–H groups in total. The zero-order valence-corrected chi connectivity index (χ0v) is 16.0. The molecule has 3 aromatic carbocycles. The second-order valence-corrected chi connectivity index (χ2v) is 7.10. The fourth-order valence-corrected chi connectivity index (χ4v) is 3.83. The average molecular weight is 383 g/mol. The number of anilines is 1. The Kier molecular flexibility index (Phi) is 4.58. The minimum absolute atomic E-state index is 0.0631. The highest BCUT2D eigenvalue weighted by Crippen LogP contribution is 2.26. The second kappa shape index (κ2) is 7.53. The summed E-state index contributed by atoms with van der Waals surface area (Å²) in [6.07, 6.45) is 1.63. The summed E-state index contributed by atoms with van der Waals surface area (Å²) in [5, 5.41) is 0.617. The van der Waals surface area contributed by atoms with E-state index < -0.39 is 0 Å². The number of hydrogen-bond acceptors (Lipinski definition) is 4. The minimum Gasteiger partial charge on any atom is -0.378 e. The van der Waals surface area contributed by atoms with Gasteiger partial charge in [0.05, 0.1) is 29.8 Å². The van der Waals surface area contributed by atoms with Crippen LogP contribution in [0.4, 0.5) is 5.69 Å². The summed E-state index contributed by atoms with van der Waals surface area (Å²) >= 11 is 0. The molecule has 1 saturated heterocycles. The highest BCUT2D eigenvalue weighted by molar-refractivity contribution is 5.93. The smallest absolute Gasteiger partial charge is 0.265 e. The zero-order chi connectivity index (χ0) is 19.6. The van der Waals surface area contributed by atoms with Crippen molar-refractivity contribution in [3.8, 4) is 16.8 Å². The van der Waals surface area contributed by atoms with E-state index in [1.807, 2.05) is 60.7 Å². The fraction of sp³-hybridized carbons (Fsp3) is 0.167. The molecule has 0 bridgehead atoms. The summed E-state index contributed by atoms with van der Waals surface area (Å²) in [6.45, 7) is 3.28. The van der Waals surface area contributed by atoms with Crippen LogP contribution in [0.5, 0.6) is 0 Å². The molecule has 4 aromatic rings. The number of para-hydroxylation sites is 1. The number of benzene rings is 3. The molecule has 144 valence electrons. The van der Waals surface area contributed by atoms with Crippen LogP contribution in [0.25, 0.3) is 27.7 Å². The van der Waals surface area contributed by atoms with Crippen LogP contribution >= 0.6 is 0 Å². The first-order valence-corrected chi connectivity index (χ1v) is 9.80. The van der Waals surface area contributed by atoms with E-state index in [0.29, 0.717) is 5.39 Å². The lowest BCUT2D eigenvalue weighted by Gasteiger charge is -2.28. The molecule has 5 heteroatoms. The van der Waals surface area contributed by atoms with Gasteiger partial charge in [0.2, 0.25) is 0 Å². The number of morpholine rings is 1. The van der Waals surface area contributed by atoms with Gasteiger partial charge in [0.15, 0.2) is 0 Å². The lowest BCUT2D eigenvalue weighted by Crippen LogP contribution is -2.36. The Balaban J connectivity index is 1.55. The van der Waals surface area contributed by atoms with Crippen molar-refractivity contribution in [2.24, 2.45) is 0 Å². The molecule has 0 saturated carbocycles. The molecule has 0 atom stereocenters. The third-order valence-electron chi connectivity index (χ3n) is 5.38. The molecule has 0 amide bonds. The van der Waals surface area contributed by atoms with Crippen LogP contribution in [-0.4, -0.2) is 35.9 Å². The van der Waals surface area contributed by atoms with Crippen molar-refractivity contribution < 1.29 is 4.74 Å². The van der Waals surface area contributed by atoms with Crippen molar-refractivity contribution >= 4 is 16.6 Å². The average Bonchev–Trinajstić information content (AvgIpc) is 2.80. The van der Waals surface area contributed by atoms with Crippen LogP contribution in [0.2, 0.25) is 0 Å². The summed E-state index contributed by atoms with van der Waals surface area (Å²) in [5.74, 6) is 0. The number of hydrogen-bond donors (Lipinski definition) is 0. The summed E-state index contributed by atoms with van der Waals surface area (Å²) in [7, 11) is 0. The monoisotopic (exact) mass is 383 g/mol. The van der Waals surface area contributed by atoms with Gasteiger partial charge < -0.3 is 9.64 Å². The molecule has 1 aliphatic rings. The molecular formula is C24H21N3O2. The zero-order valence-electron chi connectivity index (χ0n) is 16.0. The fourth-order valence-electron chi connectivity index (χ4n) is 3.83. The highest BCUT2D eigenvalue weighted by atomic mass is 16.5. The van der Waals surface area contributed by atoms with Crippen molar-refractivity contribution in [3.05, 3.63) is 89.5 Å². The predicted molar refractivity (Wildman–Crippen MR) is 116 cm³/mol.